The molecule has 114 valence electrons. The number of hydrogen-bond donors (Lipinski definition) is 3. The second kappa shape index (κ2) is 7.07. The van der Waals surface area contributed by atoms with Crippen LogP contribution in [0.25, 0.3) is 10.9 Å². The lowest BCUT2D eigenvalue weighted by molar-refractivity contribution is 0.0821. The van der Waals surface area contributed by atoms with Crippen molar-refractivity contribution in [3.63, 3.8) is 0 Å². The van der Waals surface area contributed by atoms with E-state index in [1.165, 1.54) is 22.9 Å². The monoisotopic (exact) mass is 287 g/mol. The first-order chi connectivity index (χ1) is 10.3. The third-order valence-corrected chi connectivity index (χ3v) is 4.39. The Bertz CT molecular complexity index is 558. The number of nitrogens with one attached hydrogen (secondary N) is 2. The summed E-state index contributed by atoms with van der Waals surface area (Å²) < 4.78 is 0. The predicted octanol–water partition coefficient (Wildman–Crippen LogP) is 2.10. The normalized spacial score (nSPS) is 17.6. The smallest absolute Gasteiger partial charge is 0.0564 e. The Morgan fingerprint density at radius 1 is 1.24 bits per heavy atom. The molecule has 3 N–H and O–H groups in total. The van der Waals surface area contributed by atoms with E-state index in [0.29, 0.717) is 0 Å². The average molecular weight is 287 g/mol. The van der Waals surface area contributed by atoms with Gasteiger partial charge in [-0.15, -0.1) is 0 Å². The van der Waals surface area contributed by atoms with E-state index in [4.69, 9.17) is 0 Å². The van der Waals surface area contributed by atoms with Gasteiger partial charge in [0.2, 0.25) is 0 Å². The van der Waals surface area contributed by atoms with Crippen molar-refractivity contribution < 1.29 is 5.11 Å². The maximum absolute atomic E-state index is 9.49. The van der Waals surface area contributed by atoms with E-state index in [1.54, 1.807) is 0 Å². The van der Waals surface area contributed by atoms with Crippen molar-refractivity contribution in [1.82, 2.24) is 15.2 Å². The number of nitrogens with zero attached hydrogens (tertiary/aromatic N) is 1. The largest absolute Gasteiger partial charge is 0.393 e. The molecule has 0 atom stereocenters. The van der Waals surface area contributed by atoms with E-state index in [9.17, 15) is 5.11 Å². The average Bonchev–Trinajstić information content (AvgIpc) is 2.98. The molecule has 2 aromatic rings. The number of aromatic nitrogens is 1. The fourth-order valence-corrected chi connectivity index (χ4v) is 3.10. The van der Waals surface area contributed by atoms with Gasteiger partial charge < -0.3 is 20.3 Å². The molecule has 1 aromatic carbocycles. The third-order valence-electron chi connectivity index (χ3n) is 4.39. The summed E-state index contributed by atoms with van der Waals surface area (Å²) in [4.78, 5) is 5.71. The van der Waals surface area contributed by atoms with Gasteiger partial charge in [-0.25, -0.2) is 0 Å². The number of fused-ring (bicyclic) bond motifs is 1. The summed E-state index contributed by atoms with van der Waals surface area (Å²) in [5.41, 5.74) is 2.57. The molecule has 0 amide bonds. The summed E-state index contributed by atoms with van der Waals surface area (Å²) in [5.74, 6) is 0. The van der Waals surface area contributed by atoms with E-state index < -0.39 is 0 Å². The van der Waals surface area contributed by atoms with Crippen LogP contribution in [0.5, 0.6) is 0 Å². The molecule has 1 aliphatic heterocycles. The van der Waals surface area contributed by atoms with Gasteiger partial charge in [0.1, 0.15) is 0 Å². The number of hydrogen-bond acceptors (Lipinski definition) is 3. The molecule has 0 radical (unpaired) electrons. The van der Waals surface area contributed by atoms with Crippen molar-refractivity contribution in [2.75, 3.05) is 26.2 Å². The molecule has 1 saturated heterocycles. The molecule has 1 fully saturated rings. The fourth-order valence-electron chi connectivity index (χ4n) is 3.10. The number of aromatic amines is 1. The van der Waals surface area contributed by atoms with Gasteiger partial charge in [0, 0.05) is 36.7 Å². The minimum absolute atomic E-state index is 0.0683. The van der Waals surface area contributed by atoms with Gasteiger partial charge in [0.15, 0.2) is 0 Å². The zero-order chi connectivity index (χ0) is 14.5. The number of aliphatic hydroxyl groups excluding tert-OH is 1. The summed E-state index contributed by atoms with van der Waals surface area (Å²) in [6.45, 7) is 5.19. The van der Waals surface area contributed by atoms with E-state index in [-0.39, 0.29) is 6.10 Å². The highest BCUT2D eigenvalue weighted by molar-refractivity contribution is 5.82. The molecule has 4 heteroatoms. The molecule has 0 bridgehead atoms. The van der Waals surface area contributed by atoms with Crippen molar-refractivity contribution in [2.24, 2.45) is 0 Å². The highest BCUT2D eigenvalue weighted by atomic mass is 16.3. The molecule has 0 saturated carbocycles. The summed E-state index contributed by atoms with van der Waals surface area (Å²) >= 11 is 0. The van der Waals surface area contributed by atoms with Crippen molar-refractivity contribution in [3.05, 3.63) is 36.0 Å². The Morgan fingerprint density at radius 3 is 2.95 bits per heavy atom. The quantitative estimate of drug-likeness (QED) is 0.713. The fraction of sp³-hybridized carbons (Fsp3) is 0.529. The van der Waals surface area contributed by atoms with Gasteiger partial charge in [0.05, 0.1) is 6.10 Å². The molecule has 0 unspecified atom stereocenters. The Morgan fingerprint density at radius 2 is 2.10 bits per heavy atom. The number of benzene rings is 1. The van der Waals surface area contributed by atoms with Gasteiger partial charge in [-0.1, -0.05) is 12.1 Å². The van der Waals surface area contributed by atoms with Crippen LogP contribution < -0.4 is 5.32 Å². The first-order valence-corrected chi connectivity index (χ1v) is 7.99. The molecule has 1 aromatic heterocycles. The Hall–Kier alpha value is -1.36. The van der Waals surface area contributed by atoms with Crippen LogP contribution in [0.1, 0.15) is 24.8 Å². The van der Waals surface area contributed by atoms with E-state index in [2.05, 4.69) is 39.5 Å². The van der Waals surface area contributed by atoms with E-state index in [1.807, 2.05) is 6.20 Å². The highest BCUT2D eigenvalue weighted by Gasteiger charge is 2.15. The van der Waals surface area contributed by atoms with Gasteiger partial charge in [-0.05, 0) is 50.0 Å². The van der Waals surface area contributed by atoms with Crippen LogP contribution in [0.3, 0.4) is 0 Å². The summed E-state index contributed by atoms with van der Waals surface area (Å²) in [6, 6.07) is 8.55. The van der Waals surface area contributed by atoms with Crippen molar-refractivity contribution in [2.45, 2.75) is 31.9 Å². The predicted molar refractivity (Wildman–Crippen MR) is 86.3 cm³/mol. The first-order valence-electron chi connectivity index (χ1n) is 7.99. The number of piperidine rings is 1. The second-order valence-electron chi connectivity index (χ2n) is 5.96. The van der Waals surface area contributed by atoms with Crippen LogP contribution in [0, 0.1) is 0 Å². The van der Waals surface area contributed by atoms with Gasteiger partial charge >= 0.3 is 0 Å². The Labute approximate surface area is 126 Å². The molecule has 21 heavy (non-hydrogen) atoms. The third kappa shape index (κ3) is 3.84. The van der Waals surface area contributed by atoms with Crippen LogP contribution >= 0.6 is 0 Å². The van der Waals surface area contributed by atoms with Crippen molar-refractivity contribution >= 4 is 10.9 Å². The molecular weight excluding hydrogens is 262 g/mol. The van der Waals surface area contributed by atoms with Crippen molar-refractivity contribution in [3.8, 4) is 0 Å². The zero-order valence-corrected chi connectivity index (χ0v) is 12.5. The maximum atomic E-state index is 9.49. The minimum atomic E-state index is -0.0683. The van der Waals surface area contributed by atoms with Gasteiger partial charge in [-0.3, -0.25) is 0 Å². The number of likely N-dealkylation sites (tertiary alicyclic amines) is 1. The van der Waals surface area contributed by atoms with Crippen LogP contribution in [-0.2, 0) is 6.54 Å². The zero-order valence-electron chi connectivity index (χ0n) is 12.5. The highest BCUT2D eigenvalue weighted by Crippen LogP contribution is 2.17. The Kier molecular flexibility index (Phi) is 4.91. The van der Waals surface area contributed by atoms with Crippen LogP contribution in [0.4, 0.5) is 0 Å². The van der Waals surface area contributed by atoms with Crippen LogP contribution in [-0.4, -0.2) is 47.3 Å². The molecule has 2 heterocycles. The molecule has 0 aliphatic carbocycles. The lowest BCUT2D eigenvalue weighted by Gasteiger charge is -2.29. The summed E-state index contributed by atoms with van der Waals surface area (Å²) in [7, 11) is 0. The van der Waals surface area contributed by atoms with E-state index in [0.717, 1.165) is 45.6 Å². The minimum Gasteiger partial charge on any atom is -0.393 e. The number of rotatable bonds is 6. The second-order valence-corrected chi connectivity index (χ2v) is 5.96. The first kappa shape index (κ1) is 14.6. The SMILES string of the molecule is OC1CCN(CCCNCc2cccc3[nH]ccc23)CC1. The molecule has 3 rings (SSSR count). The molecule has 1 aliphatic rings. The van der Waals surface area contributed by atoms with Crippen LogP contribution in [0.15, 0.2) is 30.5 Å². The Balaban J connectivity index is 1.38. The van der Waals surface area contributed by atoms with E-state index >= 15 is 0 Å². The van der Waals surface area contributed by atoms with Gasteiger partial charge in [-0.2, -0.15) is 0 Å². The number of H-pyrrole nitrogens is 1. The summed E-state index contributed by atoms with van der Waals surface area (Å²) in [6.07, 6.45) is 4.96. The topological polar surface area (TPSA) is 51.3 Å². The van der Waals surface area contributed by atoms with Crippen LogP contribution in [0.2, 0.25) is 0 Å². The lowest BCUT2D eigenvalue weighted by Crippen LogP contribution is -2.37. The van der Waals surface area contributed by atoms with Gasteiger partial charge in [0.25, 0.3) is 0 Å². The molecule has 4 nitrogen and oxygen atoms in total. The molecule has 0 spiro atoms. The maximum Gasteiger partial charge on any atom is 0.0564 e. The van der Waals surface area contributed by atoms with Crippen molar-refractivity contribution in [1.29, 1.82) is 0 Å². The molecular formula is C17H25N3O. The lowest BCUT2D eigenvalue weighted by atomic mass is 10.1. The number of aliphatic hydroxyl groups is 1. The standard InChI is InChI=1S/C17H25N3O/c21-15-6-11-20(12-7-15)10-2-8-18-13-14-3-1-4-17-16(14)5-9-19-17/h1,3-5,9,15,18-19,21H,2,6-8,10-13H2. The summed E-state index contributed by atoms with van der Waals surface area (Å²) in [5, 5.41) is 14.3.